The lowest BCUT2D eigenvalue weighted by atomic mass is 10.2. The fourth-order valence-corrected chi connectivity index (χ4v) is 1.38. The summed E-state index contributed by atoms with van der Waals surface area (Å²) in [6.45, 7) is 8.80. The second-order valence-electron chi connectivity index (χ2n) is 3.60. The Kier molecular flexibility index (Phi) is 9.35. The molecule has 0 spiro atoms. The number of methoxy groups -OCH3 is 1. The summed E-state index contributed by atoms with van der Waals surface area (Å²) < 4.78 is 10.5. The van der Waals surface area contributed by atoms with Crippen molar-refractivity contribution in [3.05, 3.63) is 0 Å². The largest absolute Gasteiger partial charge is 0.382 e. The molecule has 1 N–H and O–H groups in total. The third-order valence-electron chi connectivity index (χ3n) is 2.32. The molecule has 14 heavy (non-hydrogen) atoms. The molecule has 0 aliphatic rings. The molecule has 0 aromatic heterocycles. The Balaban J connectivity index is 3.27. The highest BCUT2D eigenvalue weighted by molar-refractivity contribution is 4.61. The quantitative estimate of drug-likeness (QED) is 0.580. The fourth-order valence-electron chi connectivity index (χ4n) is 1.38. The smallest absolute Gasteiger partial charge is 0.0780 e. The number of ether oxygens (including phenoxy) is 2. The van der Waals surface area contributed by atoms with Crippen LogP contribution in [0.15, 0.2) is 0 Å². The number of nitrogens with one attached hydrogen (secondary N) is 1. The minimum Gasteiger partial charge on any atom is -0.382 e. The molecule has 3 heteroatoms. The predicted molar refractivity (Wildman–Crippen MR) is 59.7 cm³/mol. The van der Waals surface area contributed by atoms with Crippen molar-refractivity contribution in [3.8, 4) is 0 Å². The van der Waals surface area contributed by atoms with Gasteiger partial charge in [-0.3, -0.25) is 0 Å². The maximum Gasteiger partial charge on any atom is 0.0780 e. The van der Waals surface area contributed by atoms with Gasteiger partial charge in [0.25, 0.3) is 0 Å². The summed E-state index contributed by atoms with van der Waals surface area (Å²) in [6, 6.07) is 0.635. The molecule has 0 rings (SSSR count). The van der Waals surface area contributed by atoms with Crippen LogP contribution >= 0.6 is 0 Å². The van der Waals surface area contributed by atoms with Crippen LogP contribution in [0.2, 0.25) is 0 Å². The highest BCUT2D eigenvalue weighted by Crippen LogP contribution is 1.95. The second kappa shape index (κ2) is 9.44. The minimum absolute atomic E-state index is 0.198. The van der Waals surface area contributed by atoms with Crippen LogP contribution in [0.25, 0.3) is 0 Å². The third kappa shape index (κ3) is 7.30. The first kappa shape index (κ1) is 13.9. The molecule has 86 valence electrons. The Bertz CT molecular complexity index is 116. The number of rotatable bonds is 9. The van der Waals surface area contributed by atoms with E-state index in [1.807, 2.05) is 6.92 Å². The molecule has 0 aliphatic carbocycles. The summed E-state index contributed by atoms with van der Waals surface area (Å²) >= 11 is 0. The molecule has 0 aromatic carbocycles. The van der Waals surface area contributed by atoms with Gasteiger partial charge >= 0.3 is 0 Å². The zero-order valence-corrected chi connectivity index (χ0v) is 10.0. The predicted octanol–water partition coefficient (Wildman–Crippen LogP) is 1.82. The first-order valence-corrected chi connectivity index (χ1v) is 5.58. The number of hydrogen-bond donors (Lipinski definition) is 1. The van der Waals surface area contributed by atoms with Crippen LogP contribution in [0.4, 0.5) is 0 Å². The molecule has 0 aliphatic heterocycles. The Morgan fingerprint density at radius 1 is 1.21 bits per heavy atom. The van der Waals surface area contributed by atoms with E-state index < -0.39 is 0 Å². The van der Waals surface area contributed by atoms with Crippen molar-refractivity contribution in [1.29, 1.82) is 0 Å². The highest BCUT2D eigenvalue weighted by Gasteiger charge is 2.03. The lowest BCUT2D eigenvalue weighted by Gasteiger charge is -2.16. The van der Waals surface area contributed by atoms with Crippen LogP contribution < -0.4 is 5.32 Å². The summed E-state index contributed by atoms with van der Waals surface area (Å²) in [7, 11) is 1.70. The molecule has 1 unspecified atom stereocenters. The summed E-state index contributed by atoms with van der Waals surface area (Å²) in [6.07, 6.45) is 2.57. The third-order valence-corrected chi connectivity index (χ3v) is 2.32. The molecule has 3 nitrogen and oxygen atoms in total. The van der Waals surface area contributed by atoms with Crippen molar-refractivity contribution in [2.75, 3.05) is 26.9 Å². The molecule has 0 saturated heterocycles. The van der Waals surface area contributed by atoms with Gasteiger partial charge in [-0.25, -0.2) is 0 Å². The SMILES string of the molecule is CCC(CC)NCCOC(C)COC. The van der Waals surface area contributed by atoms with Gasteiger partial charge in [-0.05, 0) is 19.8 Å². The molecule has 0 heterocycles. The van der Waals surface area contributed by atoms with Crippen LogP contribution in [0.5, 0.6) is 0 Å². The Morgan fingerprint density at radius 3 is 2.36 bits per heavy atom. The van der Waals surface area contributed by atoms with Crippen LogP contribution in [-0.2, 0) is 9.47 Å². The Hall–Kier alpha value is -0.120. The van der Waals surface area contributed by atoms with Gasteiger partial charge in [0, 0.05) is 19.7 Å². The molecule has 0 bridgehead atoms. The van der Waals surface area contributed by atoms with E-state index in [2.05, 4.69) is 19.2 Å². The summed E-state index contributed by atoms with van der Waals surface area (Å²) in [5.41, 5.74) is 0. The van der Waals surface area contributed by atoms with Gasteiger partial charge in [-0.1, -0.05) is 13.8 Å². The van der Waals surface area contributed by atoms with Crippen LogP contribution in [-0.4, -0.2) is 39.0 Å². The average Bonchev–Trinajstić information content (AvgIpc) is 2.19. The van der Waals surface area contributed by atoms with E-state index in [0.717, 1.165) is 13.2 Å². The number of hydrogen-bond acceptors (Lipinski definition) is 3. The van der Waals surface area contributed by atoms with E-state index in [1.165, 1.54) is 12.8 Å². The summed E-state index contributed by atoms with van der Waals surface area (Å²) in [5, 5.41) is 3.45. The van der Waals surface area contributed by atoms with E-state index in [0.29, 0.717) is 12.6 Å². The standard InChI is InChI=1S/C11H25NO2/c1-5-11(6-2)12-7-8-14-10(3)9-13-4/h10-12H,5-9H2,1-4H3. The Labute approximate surface area is 88.2 Å². The maximum absolute atomic E-state index is 5.53. The van der Waals surface area contributed by atoms with Crippen molar-refractivity contribution >= 4 is 0 Å². The van der Waals surface area contributed by atoms with E-state index in [-0.39, 0.29) is 6.10 Å². The molecule has 0 fully saturated rings. The zero-order chi connectivity index (χ0) is 10.8. The maximum atomic E-state index is 5.53. The first-order chi connectivity index (χ1) is 6.74. The Morgan fingerprint density at radius 2 is 1.86 bits per heavy atom. The average molecular weight is 203 g/mol. The van der Waals surface area contributed by atoms with Crippen molar-refractivity contribution in [1.82, 2.24) is 5.32 Å². The van der Waals surface area contributed by atoms with E-state index >= 15 is 0 Å². The highest BCUT2D eigenvalue weighted by atomic mass is 16.5. The molecular weight excluding hydrogens is 178 g/mol. The van der Waals surface area contributed by atoms with Crippen LogP contribution in [0.3, 0.4) is 0 Å². The first-order valence-electron chi connectivity index (χ1n) is 5.58. The topological polar surface area (TPSA) is 30.5 Å². The van der Waals surface area contributed by atoms with Crippen molar-refractivity contribution in [2.24, 2.45) is 0 Å². The van der Waals surface area contributed by atoms with E-state index in [4.69, 9.17) is 9.47 Å². The molecule has 0 aromatic rings. The molecular formula is C11H25NO2. The van der Waals surface area contributed by atoms with Gasteiger partial charge in [0.15, 0.2) is 0 Å². The van der Waals surface area contributed by atoms with Crippen molar-refractivity contribution < 1.29 is 9.47 Å². The van der Waals surface area contributed by atoms with Crippen LogP contribution in [0, 0.1) is 0 Å². The van der Waals surface area contributed by atoms with Gasteiger partial charge in [-0.2, -0.15) is 0 Å². The van der Waals surface area contributed by atoms with Crippen LogP contribution in [0.1, 0.15) is 33.6 Å². The molecule has 0 radical (unpaired) electrons. The minimum atomic E-state index is 0.198. The lowest BCUT2D eigenvalue weighted by Crippen LogP contribution is -2.32. The summed E-state index contributed by atoms with van der Waals surface area (Å²) in [4.78, 5) is 0. The lowest BCUT2D eigenvalue weighted by molar-refractivity contribution is 0.0100. The van der Waals surface area contributed by atoms with Gasteiger partial charge in [-0.15, -0.1) is 0 Å². The fraction of sp³-hybridized carbons (Fsp3) is 1.00. The van der Waals surface area contributed by atoms with Gasteiger partial charge in [0.1, 0.15) is 0 Å². The van der Waals surface area contributed by atoms with Gasteiger partial charge in [0.05, 0.1) is 19.3 Å². The van der Waals surface area contributed by atoms with Gasteiger partial charge in [0.2, 0.25) is 0 Å². The van der Waals surface area contributed by atoms with Crippen molar-refractivity contribution in [2.45, 2.75) is 45.8 Å². The summed E-state index contributed by atoms with van der Waals surface area (Å²) in [5.74, 6) is 0. The second-order valence-corrected chi connectivity index (χ2v) is 3.60. The zero-order valence-electron chi connectivity index (χ0n) is 10.0. The van der Waals surface area contributed by atoms with Gasteiger partial charge < -0.3 is 14.8 Å². The normalized spacial score (nSPS) is 13.5. The molecule has 1 atom stereocenters. The molecule has 0 saturated carbocycles. The monoisotopic (exact) mass is 203 g/mol. The van der Waals surface area contributed by atoms with E-state index in [9.17, 15) is 0 Å². The van der Waals surface area contributed by atoms with Crippen molar-refractivity contribution in [3.63, 3.8) is 0 Å². The molecule has 0 amide bonds. The van der Waals surface area contributed by atoms with E-state index in [1.54, 1.807) is 7.11 Å².